The lowest BCUT2D eigenvalue weighted by molar-refractivity contribution is 0.0690. The minimum Gasteiger partial charge on any atom is -0.476 e. The molecule has 0 saturated heterocycles. The van der Waals surface area contributed by atoms with E-state index in [9.17, 15) is 4.79 Å². The third kappa shape index (κ3) is 1.63. The summed E-state index contributed by atoms with van der Waals surface area (Å²) in [5, 5.41) is 13.4. The highest BCUT2D eigenvalue weighted by Crippen LogP contribution is 2.35. The number of aromatic carboxylic acids is 1. The molecule has 1 saturated carbocycles. The van der Waals surface area contributed by atoms with E-state index in [1.807, 2.05) is 12.1 Å². The summed E-state index contributed by atoms with van der Waals surface area (Å²) in [4.78, 5) is 15.0. The molecule has 5 nitrogen and oxygen atoms in total. The highest BCUT2D eigenvalue weighted by atomic mass is 79.9. The number of carboxylic acids is 1. The number of hydrogen-bond donors (Lipinski definition) is 1. The molecule has 1 N–H and O–H groups in total. The van der Waals surface area contributed by atoms with E-state index >= 15 is 0 Å². The zero-order valence-corrected chi connectivity index (χ0v) is 10.5. The van der Waals surface area contributed by atoms with Gasteiger partial charge in [-0.2, -0.15) is 5.10 Å². The Balaban J connectivity index is 2.14. The van der Waals surface area contributed by atoms with Crippen LogP contribution in [-0.2, 0) is 0 Å². The Hall–Kier alpha value is -1.43. The van der Waals surface area contributed by atoms with Crippen molar-refractivity contribution in [2.75, 3.05) is 0 Å². The Morgan fingerprint density at radius 3 is 2.82 bits per heavy atom. The van der Waals surface area contributed by atoms with Crippen LogP contribution in [0, 0.1) is 0 Å². The first-order valence-electron chi connectivity index (χ1n) is 5.45. The van der Waals surface area contributed by atoms with Crippen LogP contribution in [0.15, 0.2) is 16.7 Å². The average Bonchev–Trinajstić information content (AvgIpc) is 2.54. The maximum absolute atomic E-state index is 10.9. The molecule has 2 heterocycles. The van der Waals surface area contributed by atoms with E-state index in [0.29, 0.717) is 16.2 Å². The number of carbonyl (C=O) groups is 1. The standard InChI is InChI=1S/C11H10BrN3O2/c12-10-9(11(16)17)13-8-5-4-7(14-15(8)10)6-2-1-3-6/h4-6H,1-3H2,(H,16,17). The van der Waals surface area contributed by atoms with Crippen molar-refractivity contribution < 1.29 is 9.90 Å². The van der Waals surface area contributed by atoms with Gasteiger partial charge in [-0.3, -0.25) is 0 Å². The number of rotatable bonds is 2. The molecule has 2 aromatic rings. The normalized spacial score (nSPS) is 16.1. The zero-order valence-electron chi connectivity index (χ0n) is 8.93. The summed E-state index contributed by atoms with van der Waals surface area (Å²) >= 11 is 3.23. The van der Waals surface area contributed by atoms with Crippen LogP contribution < -0.4 is 0 Å². The van der Waals surface area contributed by atoms with Crippen molar-refractivity contribution in [2.45, 2.75) is 25.2 Å². The monoisotopic (exact) mass is 295 g/mol. The smallest absolute Gasteiger partial charge is 0.357 e. The zero-order chi connectivity index (χ0) is 12.0. The van der Waals surface area contributed by atoms with Crippen LogP contribution in [0.4, 0.5) is 0 Å². The Morgan fingerprint density at radius 2 is 2.24 bits per heavy atom. The predicted octanol–water partition coefficient (Wildman–Crippen LogP) is 2.46. The molecule has 17 heavy (non-hydrogen) atoms. The van der Waals surface area contributed by atoms with Crippen molar-refractivity contribution in [2.24, 2.45) is 0 Å². The van der Waals surface area contributed by atoms with Gasteiger partial charge in [0.25, 0.3) is 0 Å². The van der Waals surface area contributed by atoms with Crippen molar-refractivity contribution in [3.63, 3.8) is 0 Å². The van der Waals surface area contributed by atoms with Crippen molar-refractivity contribution in [3.05, 3.63) is 28.1 Å². The van der Waals surface area contributed by atoms with Gasteiger partial charge in [0.2, 0.25) is 0 Å². The molecule has 0 aromatic carbocycles. The van der Waals surface area contributed by atoms with Gasteiger partial charge >= 0.3 is 5.97 Å². The van der Waals surface area contributed by atoms with Gasteiger partial charge in [0, 0.05) is 5.92 Å². The second-order valence-corrected chi connectivity index (χ2v) is 4.96. The summed E-state index contributed by atoms with van der Waals surface area (Å²) in [6.45, 7) is 0. The number of hydrogen-bond acceptors (Lipinski definition) is 3. The third-order valence-corrected chi connectivity index (χ3v) is 3.88. The summed E-state index contributed by atoms with van der Waals surface area (Å²) in [5.41, 5.74) is 1.57. The number of fused-ring (bicyclic) bond motifs is 1. The minimum atomic E-state index is -1.05. The van der Waals surface area contributed by atoms with Gasteiger partial charge < -0.3 is 5.11 Å². The Kier molecular flexibility index (Phi) is 2.39. The van der Waals surface area contributed by atoms with Crippen molar-refractivity contribution >= 4 is 27.5 Å². The van der Waals surface area contributed by atoms with Gasteiger partial charge in [0.15, 0.2) is 11.3 Å². The summed E-state index contributed by atoms with van der Waals surface area (Å²) in [7, 11) is 0. The number of imidazole rings is 1. The molecular formula is C11H10BrN3O2. The van der Waals surface area contributed by atoms with Crippen LogP contribution >= 0.6 is 15.9 Å². The van der Waals surface area contributed by atoms with Crippen LogP contribution in [0.5, 0.6) is 0 Å². The highest BCUT2D eigenvalue weighted by molar-refractivity contribution is 9.10. The first-order valence-corrected chi connectivity index (χ1v) is 6.24. The van der Waals surface area contributed by atoms with Crippen LogP contribution in [0.25, 0.3) is 5.65 Å². The first-order chi connectivity index (χ1) is 8.16. The molecule has 1 aliphatic rings. The van der Waals surface area contributed by atoms with Crippen LogP contribution in [-0.4, -0.2) is 25.7 Å². The molecule has 0 spiro atoms. The topological polar surface area (TPSA) is 67.5 Å². The fourth-order valence-electron chi connectivity index (χ4n) is 1.98. The molecule has 88 valence electrons. The molecule has 0 bridgehead atoms. The molecule has 1 fully saturated rings. The van der Waals surface area contributed by atoms with E-state index in [-0.39, 0.29) is 5.69 Å². The Labute approximate surface area is 106 Å². The van der Waals surface area contributed by atoms with Crippen molar-refractivity contribution in [1.82, 2.24) is 14.6 Å². The van der Waals surface area contributed by atoms with Gasteiger partial charge in [-0.1, -0.05) is 6.42 Å². The van der Waals surface area contributed by atoms with Crippen LogP contribution in [0.3, 0.4) is 0 Å². The van der Waals surface area contributed by atoms with Gasteiger partial charge in [-0.25, -0.2) is 14.3 Å². The van der Waals surface area contributed by atoms with Crippen LogP contribution in [0.2, 0.25) is 0 Å². The number of aromatic nitrogens is 3. The van der Waals surface area contributed by atoms with E-state index < -0.39 is 5.97 Å². The lowest BCUT2D eigenvalue weighted by Gasteiger charge is -2.24. The Morgan fingerprint density at radius 1 is 1.47 bits per heavy atom. The van der Waals surface area contributed by atoms with E-state index in [4.69, 9.17) is 5.11 Å². The average molecular weight is 296 g/mol. The molecule has 2 aromatic heterocycles. The summed E-state index contributed by atoms with van der Waals surface area (Å²) in [5.74, 6) is -0.533. The predicted molar refractivity (Wildman–Crippen MR) is 64.2 cm³/mol. The van der Waals surface area contributed by atoms with E-state index in [2.05, 4.69) is 26.0 Å². The maximum atomic E-state index is 10.9. The lowest BCUT2D eigenvalue weighted by Crippen LogP contribution is -2.12. The molecule has 3 rings (SSSR count). The first kappa shape index (κ1) is 10.7. The van der Waals surface area contributed by atoms with Gasteiger partial charge in [-0.15, -0.1) is 0 Å². The fraction of sp³-hybridized carbons (Fsp3) is 0.364. The number of halogens is 1. The third-order valence-electron chi connectivity index (χ3n) is 3.17. The van der Waals surface area contributed by atoms with Gasteiger partial charge in [0.05, 0.1) is 5.69 Å². The molecule has 0 aliphatic heterocycles. The Bertz CT molecular complexity index is 604. The molecule has 0 amide bonds. The lowest BCUT2D eigenvalue weighted by atomic mass is 9.83. The van der Waals surface area contributed by atoms with E-state index in [1.54, 1.807) is 4.52 Å². The maximum Gasteiger partial charge on any atom is 0.357 e. The van der Waals surface area contributed by atoms with Gasteiger partial charge in [0.1, 0.15) is 4.60 Å². The largest absolute Gasteiger partial charge is 0.476 e. The summed E-state index contributed by atoms with van der Waals surface area (Å²) in [6, 6.07) is 3.75. The van der Waals surface area contributed by atoms with Crippen molar-refractivity contribution in [1.29, 1.82) is 0 Å². The molecule has 1 aliphatic carbocycles. The van der Waals surface area contributed by atoms with Crippen LogP contribution in [0.1, 0.15) is 41.4 Å². The quantitative estimate of drug-likeness (QED) is 0.924. The molecule has 0 radical (unpaired) electrons. The molecule has 0 unspecified atom stereocenters. The summed E-state index contributed by atoms with van der Waals surface area (Å²) < 4.78 is 1.96. The van der Waals surface area contributed by atoms with E-state index in [0.717, 1.165) is 18.5 Å². The van der Waals surface area contributed by atoms with Gasteiger partial charge in [-0.05, 0) is 40.9 Å². The molecule has 0 atom stereocenters. The second kappa shape index (κ2) is 3.80. The number of carboxylic acid groups (broad SMARTS) is 1. The second-order valence-electron chi connectivity index (χ2n) is 4.21. The SMILES string of the molecule is O=C(O)c1nc2ccc(C3CCC3)nn2c1Br. The highest BCUT2D eigenvalue weighted by Gasteiger charge is 2.23. The molecular weight excluding hydrogens is 286 g/mol. The number of nitrogens with zero attached hydrogens (tertiary/aromatic N) is 3. The summed E-state index contributed by atoms with van der Waals surface area (Å²) in [6.07, 6.45) is 3.57. The van der Waals surface area contributed by atoms with E-state index in [1.165, 1.54) is 6.42 Å². The minimum absolute atomic E-state index is 0.00302. The van der Waals surface area contributed by atoms with Crippen molar-refractivity contribution in [3.8, 4) is 0 Å². The molecule has 6 heteroatoms. The fourth-order valence-corrected chi connectivity index (χ4v) is 2.50.